The van der Waals surface area contributed by atoms with E-state index in [-0.39, 0.29) is 24.5 Å². The lowest BCUT2D eigenvalue weighted by Crippen LogP contribution is -2.51. The molecule has 1 atom stereocenters. The Kier molecular flexibility index (Phi) is 5.67. The lowest BCUT2D eigenvalue weighted by atomic mass is 10.0. The average Bonchev–Trinajstić information content (AvgIpc) is 3.18. The van der Waals surface area contributed by atoms with E-state index >= 15 is 0 Å². The van der Waals surface area contributed by atoms with Crippen LogP contribution in [0.1, 0.15) is 33.6 Å². The number of amides is 3. The number of benzene rings is 2. The van der Waals surface area contributed by atoms with E-state index < -0.39 is 6.09 Å². The molecular formula is C24H27N3O4. The predicted octanol–water partition coefficient (Wildman–Crippen LogP) is 4.20. The highest BCUT2D eigenvalue weighted by molar-refractivity contribution is 6.03. The van der Waals surface area contributed by atoms with Crippen molar-refractivity contribution in [2.45, 2.75) is 39.7 Å². The summed E-state index contributed by atoms with van der Waals surface area (Å²) in [5.41, 5.74) is 4.14. The van der Waals surface area contributed by atoms with Crippen molar-refractivity contribution < 1.29 is 19.1 Å². The van der Waals surface area contributed by atoms with Gasteiger partial charge in [-0.05, 0) is 55.7 Å². The molecule has 4 rings (SSSR count). The van der Waals surface area contributed by atoms with Crippen molar-refractivity contribution in [3.8, 4) is 11.1 Å². The van der Waals surface area contributed by atoms with Gasteiger partial charge in [0.2, 0.25) is 11.8 Å². The number of anilines is 3. The van der Waals surface area contributed by atoms with Gasteiger partial charge >= 0.3 is 6.09 Å². The van der Waals surface area contributed by atoms with Crippen LogP contribution >= 0.6 is 0 Å². The molecule has 1 saturated heterocycles. The molecule has 7 heteroatoms. The van der Waals surface area contributed by atoms with E-state index in [1.54, 1.807) is 16.7 Å². The fraction of sp³-hybridized carbons (Fsp3) is 0.375. The van der Waals surface area contributed by atoms with Crippen LogP contribution in [0.25, 0.3) is 11.1 Å². The summed E-state index contributed by atoms with van der Waals surface area (Å²) in [4.78, 5) is 42.0. The van der Waals surface area contributed by atoms with Gasteiger partial charge in [0.25, 0.3) is 0 Å². The third kappa shape index (κ3) is 3.87. The predicted molar refractivity (Wildman–Crippen MR) is 120 cm³/mol. The van der Waals surface area contributed by atoms with Crippen LogP contribution < -0.4 is 14.7 Å². The molecule has 0 spiro atoms. The Bertz CT molecular complexity index is 1020. The van der Waals surface area contributed by atoms with Crippen molar-refractivity contribution in [1.29, 1.82) is 0 Å². The zero-order chi connectivity index (χ0) is 22.1. The van der Waals surface area contributed by atoms with Gasteiger partial charge in [0.1, 0.15) is 0 Å². The Labute approximate surface area is 182 Å². The highest BCUT2D eigenvalue weighted by atomic mass is 16.6. The second kappa shape index (κ2) is 8.41. The molecule has 7 nitrogen and oxygen atoms in total. The first-order valence-electron chi connectivity index (χ1n) is 10.7. The van der Waals surface area contributed by atoms with E-state index in [9.17, 15) is 14.4 Å². The molecule has 162 valence electrons. The fourth-order valence-corrected chi connectivity index (χ4v) is 4.41. The van der Waals surface area contributed by atoms with Gasteiger partial charge in [-0.1, -0.05) is 18.2 Å². The van der Waals surface area contributed by atoms with E-state index in [2.05, 4.69) is 0 Å². The topological polar surface area (TPSA) is 70.2 Å². The number of rotatable bonds is 3. The second-order valence-corrected chi connectivity index (χ2v) is 7.95. The number of hydrogen-bond donors (Lipinski definition) is 0. The van der Waals surface area contributed by atoms with E-state index in [1.807, 2.05) is 54.3 Å². The molecule has 0 saturated carbocycles. The number of hydrogen-bond acceptors (Lipinski definition) is 4. The van der Waals surface area contributed by atoms with E-state index in [1.165, 1.54) is 6.92 Å². The standard InChI is InChI=1S/C24H27N3O4/c1-4-31-24(30)26-15-16(2)27(17(3)28)21-12-9-19(14-22(21)26)18-7-10-20(11-8-18)25-13-5-6-23(25)29/h7-12,14,16H,4-6,13,15H2,1-3H3/t16-/m0/s1. The van der Waals surface area contributed by atoms with Crippen molar-refractivity contribution in [1.82, 2.24) is 0 Å². The summed E-state index contributed by atoms with van der Waals surface area (Å²) in [7, 11) is 0. The Morgan fingerprint density at radius 3 is 2.39 bits per heavy atom. The highest BCUT2D eigenvalue weighted by Crippen LogP contribution is 2.39. The zero-order valence-electron chi connectivity index (χ0n) is 18.1. The largest absolute Gasteiger partial charge is 0.449 e. The van der Waals surface area contributed by atoms with Crippen molar-refractivity contribution >= 4 is 35.0 Å². The zero-order valence-corrected chi connectivity index (χ0v) is 18.1. The maximum Gasteiger partial charge on any atom is 0.414 e. The number of nitrogens with zero attached hydrogens (tertiary/aromatic N) is 3. The average molecular weight is 421 g/mol. The first kappa shape index (κ1) is 20.9. The molecule has 0 bridgehead atoms. The molecule has 0 unspecified atom stereocenters. The van der Waals surface area contributed by atoms with Gasteiger partial charge in [0, 0.05) is 32.1 Å². The Morgan fingerprint density at radius 1 is 1.06 bits per heavy atom. The van der Waals surface area contributed by atoms with Gasteiger partial charge in [0.15, 0.2) is 0 Å². The van der Waals surface area contributed by atoms with E-state index in [4.69, 9.17) is 4.74 Å². The molecule has 2 heterocycles. The lowest BCUT2D eigenvalue weighted by Gasteiger charge is -2.40. The molecule has 2 aromatic carbocycles. The molecular weight excluding hydrogens is 394 g/mol. The monoisotopic (exact) mass is 421 g/mol. The molecule has 0 N–H and O–H groups in total. The summed E-state index contributed by atoms with van der Waals surface area (Å²) in [5, 5.41) is 0. The first-order chi connectivity index (χ1) is 14.9. The van der Waals surface area contributed by atoms with E-state index in [0.717, 1.165) is 29.8 Å². The third-order valence-corrected chi connectivity index (χ3v) is 5.83. The van der Waals surface area contributed by atoms with Crippen molar-refractivity contribution in [3.05, 3.63) is 42.5 Å². The van der Waals surface area contributed by atoms with Gasteiger partial charge in [-0.15, -0.1) is 0 Å². The number of carbonyl (C=O) groups excluding carboxylic acids is 3. The minimum absolute atomic E-state index is 0.0651. The smallest absolute Gasteiger partial charge is 0.414 e. The van der Waals surface area contributed by atoms with Crippen LogP contribution in [0.5, 0.6) is 0 Å². The number of ether oxygens (including phenoxy) is 1. The Hall–Kier alpha value is -3.35. The molecule has 0 aliphatic carbocycles. The molecule has 2 aliphatic rings. The van der Waals surface area contributed by atoms with Crippen LogP contribution in [-0.2, 0) is 14.3 Å². The molecule has 0 radical (unpaired) electrons. The maximum absolute atomic E-state index is 12.6. The van der Waals surface area contributed by atoms with Gasteiger partial charge < -0.3 is 14.5 Å². The molecule has 31 heavy (non-hydrogen) atoms. The Balaban J connectivity index is 1.71. The van der Waals surface area contributed by atoms with Crippen LogP contribution in [-0.4, -0.2) is 43.6 Å². The highest BCUT2D eigenvalue weighted by Gasteiger charge is 2.34. The van der Waals surface area contributed by atoms with Crippen LogP contribution in [0.2, 0.25) is 0 Å². The summed E-state index contributed by atoms with van der Waals surface area (Å²) >= 11 is 0. The van der Waals surface area contributed by atoms with Gasteiger partial charge in [-0.2, -0.15) is 0 Å². The summed E-state index contributed by atoms with van der Waals surface area (Å²) in [6, 6.07) is 13.5. The normalized spacial score (nSPS) is 18.2. The number of fused-ring (bicyclic) bond motifs is 1. The summed E-state index contributed by atoms with van der Waals surface area (Å²) < 4.78 is 5.26. The van der Waals surface area contributed by atoms with Crippen LogP contribution in [0.4, 0.5) is 21.9 Å². The SMILES string of the molecule is CCOC(=O)N1C[C@H](C)N(C(C)=O)c2ccc(-c3ccc(N4CCCC4=O)cc3)cc21. The van der Waals surface area contributed by atoms with Gasteiger partial charge in [-0.3, -0.25) is 14.5 Å². The molecule has 2 aromatic rings. The maximum atomic E-state index is 12.6. The number of carbonyl (C=O) groups is 3. The van der Waals surface area contributed by atoms with Crippen molar-refractivity contribution in [2.75, 3.05) is 34.4 Å². The third-order valence-electron chi connectivity index (χ3n) is 5.83. The minimum atomic E-state index is -0.418. The second-order valence-electron chi connectivity index (χ2n) is 7.95. The van der Waals surface area contributed by atoms with Crippen molar-refractivity contribution in [3.63, 3.8) is 0 Å². The van der Waals surface area contributed by atoms with Crippen LogP contribution in [0.15, 0.2) is 42.5 Å². The summed E-state index contributed by atoms with van der Waals surface area (Å²) in [6.07, 6.45) is 1.07. The van der Waals surface area contributed by atoms with Crippen molar-refractivity contribution in [2.24, 2.45) is 0 Å². The summed E-state index contributed by atoms with van der Waals surface area (Å²) in [5.74, 6) is 0.0923. The fourth-order valence-electron chi connectivity index (χ4n) is 4.41. The quantitative estimate of drug-likeness (QED) is 0.745. The lowest BCUT2D eigenvalue weighted by molar-refractivity contribution is -0.117. The minimum Gasteiger partial charge on any atom is -0.449 e. The summed E-state index contributed by atoms with van der Waals surface area (Å²) in [6.45, 7) is 6.63. The molecule has 0 aromatic heterocycles. The Morgan fingerprint density at radius 2 is 1.77 bits per heavy atom. The molecule has 3 amide bonds. The molecule has 2 aliphatic heterocycles. The van der Waals surface area contributed by atoms with E-state index in [0.29, 0.717) is 24.3 Å². The molecule has 1 fully saturated rings. The van der Waals surface area contributed by atoms with Gasteiger partial charge in [-0.25, -0.2) is 4.79 Å². The van der Waals surface area contributed by atoms with Crippen LogP contribution in [0.3, 0.4) is 0 Å². The van der Waals surface area contributed by atoms with Gasteiger partial charge in [0.05, 0.1) is 24.0 Å². The first-order valence-corrected chi connectivity index (χ1v) is 10.7. The van der Waals surface area contributed by atoms with Crippen LogP contribution in [0, 0.1) is 0 Å².